The van der Waals surface area contributed by atoms with Crippen LogP contribution >= 0.6 is 23.4 Å². The fourth-order valence-electron chi connectivity index (χ4n) is 2.04. The van der Waals surface area contributed by atoms with Crippen molar-refractivity contribution in [3.8, 4) is 0 Å². The normalized spacial score (nSPS) is 10.4. The molecule has 2 aromatic rings. The Kier molecular flexibility index (Phi) is 6.84. The number of hydrogen-bond acceptors (Lipinski definition) is 3. The molecule has 25 heavy (non-hydrogen) atoms. The van der Waals surface area contributed by atoms with Crippen LogP contribution in [0.5, 0.6) is 0 Å². The van der Waals surface area contributed by atoms with Gasteiger partial charge in [0.25, 0.3) is 5.91 Å². The highest BCUT2D eigenvalue weighted by atomic mass is 35.5. The lowest BCUT2D eigenvalue weighted by Gasteiger charge is -2.11. The molecule has 7 heteroatoms. The zero-order chi connectivity index (χ0) is 18.4. The van der Waals surface area contributed by atoms with Gasteiger partial charge < -0.3 is 10.2 Å². The van der Waals surface area contributed by atoms with Crippen LogP contribution in [0.3, 0.4) is 0 Å². The molecule has 4 nitrogen and oxygen atoms in total. The summed E-state index contributed by atoms with van der Waals surface area (Å²) in [5, 5.41) is 3.10. The van der Waals surface area contributed by atoms with Crippen LogP contribution in [0, 0.1) is 5.82 Å². The third kappa shape index (κ3) is 5.76. The van der Waals surface area contributed by atoms with Crippen molar-refractivity contribution >= 4 is 40.9 Å². The van der Waals surface area contributed by atoms with E-state index in [4.69, 9.17) is 11.6 Å². The van der Waals surface area contributed by atoms with E-state index in [1.54, 1.807) is 50.5 Å². The lowest BCUT2D eigenvalue weighted by Crippen LogP contribution is -2.21. The highest BCUT2D eigenvalue weighted by molar-refractivity contribution is 7.99. The van der Waals surface area contributed by atoms with Gasteiger partial charge in [-0.2, -0.15) is 0 Å². The third-order valence-electron chi connectivity index (χ3n) is 3.33. The van der Waals surface area contributed by atoms with Gasteiger partial charge in [0.2, 0.25) is 5.91 Å². The molecule has 0 radical (unpaired) electrons. The van der Waals surface area contributed by atoms with Gasteiger partial charge in [0.15, 0.2) is 0 Å². The number of amides is 2. The summed E-state index contributed by atoms with van der Waals surface area (Å²) in [4.78, 5) is 25.2. The van der Waals surface area contributed by atoms with Crippen LogP contribution < -0.4 is 5.32 Å². The molecule has 0 saturated carbocycles. The first-order valence-electron chi connectivity index (χ1n) is 7.50. The van der Waals surface area contributed by atoms with Crippen molar-refractivity contribution < 1.29 is 14.0 Å². The van der Waals surface area contributed by atoms with Crippen molar-refractivity contribution in [3.63, 3.8) is 0 Å². The summed E-state index contributed by atoms with van der Waals surface area (Å²) in [5.74, 6) is -0.0845. The van der Waals surface area contributed by atoms with Crippen LogP contribution in [0.15, 0.2) is 42.5 Å². The van der Waals surface area contributed by atoms with E-state index in [1.165, 1.54) is 22.7 Å². The van der Waals surface area contributed by atoms with Gasteiger partial charge in [-0.3, -0.25) is 9.59 Å². The van der Waals surface area contributed by atoms with Crippen LogP contribution in [0.4, 0.5) is 10.1 Å². The number of rotatable bonds is 6. The summed E-state index contributed by atoms with van der Waals surface area (Å²) in [5.41, 5.74) is 1.67. The molecule has 2 amide bonds. The second-order valence-corrected chi connectivity index (χ2v) is 6.98. The summed E-state index contributed by atoms with van der Waals surface area (Å²) in [6.45, 7) is 0. The second-order valence-electron chi connectivity index (χ2n) is 5.55. The molecule has 0 aliphatic heterocycles. The van der Waals surface area contributed by atoms with E-state index in [-0.39, 0.29) is 23.4 Å². The minimum absolute atomic E-state index is 0.0987. The largest absolute Gasteiger partial charge is 0.345 e. The van der Waals surface area contributed by atoms with E-state index in [1.807, 2.05) is 0 Å². The zero-order valence-corrected chi connectivity index (χ0v) is 15.5. The molecule has 0 bridgehead atoms. The Morgan fingerprint density at radius 3 is 2.44 bits per heavy atom. The number of nitrogens with one attached hydrogen (secondary N) is 1. The molecule has 0 aromatic heterocycles. The van der Waals surface area contributed by atoms with Crippen LogP contribution in [0.25, 0.3) is 0 Å². The Labute approximate surface area is 155 Å². The summed E-state index contributed by atoms with van der Waals surface area (Å²) >= 11 is 7.01. The predicted molar refractivity (Wildman–Crippen MR) is 101 cm³/mol. The molecule has 0 saturated heterocycles. The van der Waals surface area contributed by atoms with Gasteiger partial charge in [-0.05, 0) is 42.0 Å². The molecular formula is C18H18ClFN2O2S. The van der Waals surface area contributed by atoms with Gasteiger partial charge in [-0.15, -0.1) is 11.8 Å². The van der Waals surface area contributed by atoms with Crippen molar-refractivity contribution in [2.45, 2.75) is 5.75 Å². The number of hydrogen-bond donors (Lipinski definition) is 1. The van der Waals surface area contributed by atoms with E-state index in [0.717, 1.165) is 0 Å². The van der Waals surface area contributed by atoms with E-state index in [0.29, 0.717) is 27.6 Å². The Morgan fingerprint density at radius 2 is 1.84 bits per heavy atom. The fourth-order valence-corrected chi connectivity index (χ4v) is 3.02. The summed E-state index contributed by atoms with van der Waals surface area (Å²) < 4.78 is 13.7. The summed E-state index contributed by atoms with van der Waals surface area (Å²) in [6.07, 6.45) is 0. The molecule has 132 valence electrons. The Bertz CT molecular complexity index is 766. The minimum atomic E-state index is -0.374. The molecule has 0 atom stereocenters. The number of carbonyl (C=O) groups excluding carboxylic acids is 2. The van der Waals surface area contributed by atoms with Gasteiger partial charge in [0, 0.05) is 36.1 Å². The molecule has 0 unspecified atom stereocenters. The zero-order valence-electron chi connectivity index (χ0n) is 13.9. The monoisotopic (exact) mass is 380 g/mol. The number of carbonyl (C=O) groups is 2. The Balaban J connectivity index is 1.83. The van der Waals surface area contributed by atoms with Crippen LogP contribution in [0.1, 0.15) is 15.9 Å². The van der Waals surface area contributed by atoms with Crippen molar-refractivity contribution in [2.24, 2.45) is 0 Å². The standard InChI is InChI=1S/C18H18ClFN2O2S/c1-22(2)18(24)12-4-7-15(8-5-12)21-17(23)11-25-10-13-3-6-14(19)9-16(13)20/h3-9H,10-11H2,1-2H3,(H,21,23). The number of nitrogens with zero attached hydrogens (tertiary/aromatic N) is 1. The minimum Gasteiger partial charge on any atom is -0.345 e. The van der Waals surface area contributed by atoms with Crippen LogP contribution in [-0.2, 0) is 10.5 Å². The smallest absolute Gasteiger partial charge is 0.253 e. The topological polar surface area (TPSA) is 49.4 Å². The highest BCUT2D eigenvalue weighted by Gasteiger charge is 2.09. The van der Waals surface area contributed by atoms with Gasteiger partial charge in [-0.1, -0.05) is 17.7 Å². The van der Waals surface area contributed by atoms with Gasteiger partial charge in [0.1, 0.15) is 5.82 Å². The van der Waals surface area contributed by atoms with Crippen molar-refractivity contribution in [1.29, 1.82) is 0 Å². The summed E-state index contributed by atoms with van der Waals surface area (Å²) in [7, 11) is 3.36. The number of benzene rings is 2. The maximum absolute atomic E-state index is 13.7. The van der Waals surface area contributed by atoms with E-state index < -0.39 is 0 Å². The van der Waals surface area contributed by atoms with Crippen LogP contribution in [-0.4, -0.2) is 36.6 Å². The number of halogens is 2. The first kappa shape index (κ1) is 19.3. The molecule has 0 fully saturated rings. The molecule has 2 aromatic carbocycles. The average Bonchev–Trinajstić information content (AvgIpc) is 2.57. The maximum Gasteiger partial charge on any atom is 0.253 e. The highest BCUT2D eigenvalue weighted by Crippen LogP contribution is 2.20. The van der Waals surface area contributed by atoms with E-state index in [2.05, 4.69) is 5.32 Å². The first-order chi connectivity index (χ1) is 11.9. The molecule has 2 rings (SSSR count). The van der Waals surface area contributed by atoms with Crippen molar-refractivity contribution in [1.82, 2.24) is 4.90 Å². The molecule has 1 N–H and O–H groups in total. The van der Waals surface area contributed by atoms with Gasteiger partial charge in [0.05, 0.1) is 5.75 Å². The summed E-state index contributed by atoms with van der Waals surface area (Å²) in [6, 6.07) is 11.2. The quantitative estimate of drug-likeness (QED) is 0.822. The van der Waals surface area contributed by atoms with Gasteiger partial charge in [-0.25, -0.2) is 4.39 Å². The molecular weight excluding hydrogens is 363 g/mol. The molecule has 0 aliphatic rings. The van der Waals surface area contributed by atoms with Crippen molar-refractivity contribution in [2.75, 3.05) is 25.2 Å². The van der Waals surface area contributed by atoms with E-state index >= 15 is 0 Å². The first-order valence-corrected chi connectivity index (χ1v) is 9.03. The maximum atomic E-state index is 13.7. The second kappa shape index (κ2) is 8.87. The van der Waals surface area contributed by atoms with Crippen molar-refractivity contribution in [3.05, 3.63) is 64.4 Å². The fraction of sp³-hybridized carbons (Fsp3) is 0.222. The average molecular weight is 381 g/mol. The lowest BCUT2D eigenvalue weighted by molar-refractivity contribution is -0.113. The SMILES string of the molecule is CN(C)C(=O)c1ccc(NC(=O)CSCc2ccc(Cl)cc2F)cc1. The molecule has 0 aliphatic carbocycles. The molecule has 0 spiro atoms. The van der Waals surface area contributed by atoms with E-state index in [9.17, 15) is 14.0 Å². The molecule has 0 heterocycles. The van der Waals surface area contributed by atoms with Crippen LogP contribution in [0.2, 0.25) is 5.02 Å². The lowest BCUT2D eigenvalue weighted by atomic mass is 10.2. The Morgan fingerprint density at radius 1 is 1.16 bits per heavy atom. The Hall–Kier alpha value is -2.05. The van der Waals surface area contributed by atoms with Gasteiger partial charge >= 0.3 is 0 Å². The number of thioether (sulfide) groups is 1. The number of anilines is 1. The third-order valence-corrected chi connectivity index (χ3v) is 4.54. The predicted octanol–water partition coefficient (Wildman–Crippen LogP) is 4.05.